The van der Waals surface area contributed by atoms with Gasteiger partial charge in [-0.15, -0.1) is 0 Å². The van der Waals surface area contributed by atoms with Crippen LogP contribution >= 0.6 is 0 Å². The Balaban J connectivity index is 2.05. The average molecular weight is 275 g/mol. The third kappa shape index (κ3) is 3.33. The van der Waals surface area contributed by atoms with Crippen molar-refractivity contribution in [3.8, 4) is 0 Å². The maximum Gasteiger partial charge on any atom is 0.257 e. The Morgan fingerprint density at radius 3 is 3.05 bits per heavy atom. The van der Waals surface area contributed by atoms with Gasteiger partial charge in [-0.25, -0.2) is 0 Å². The van der Waals surface area contributed by atoms with E-state index in [2.05, 4.69) is 20.7 Å². The van der Waals surface area contributed by atoms with Gasteiger partial charge in [-0.3, -0.25) is 14.5 Å². The van der Waals surface area contributed by atoms with Crippen molar-refractivity contribution in [3.63, 3.8) is 0 Å². The van der Waals surface area contributed by atoms with Gasteiger partial charge in [0.05, 0.1) is 42.5 Å². The zero-order chi connectivity index (χ0) is 14.4. The fourth-order valence-electron chi connectivity index (χ4n) is 1.73. The molecule has 2 aromatic heterocycles. The summed E-state index contributed by atoms with van der Waals surface area (Å²) in [6, 6.07) is 1.66. The smallest absolute Gasteiger partial charge is 0.257 e. The molecule has 2 rings (SSSR count). The van der Waals surface area contributed by atoms with Crippen LogP contribution in [0.4, 0.5) is 11.4 Å². The molecule has 2 heterocycles. The lowest BCUT2D eigenvalue weighted by Gasteiger charge is -2.07. The van der Waals surface area contributed by atoms with Gasteiger partial charge in [-0.2, -0.15) is 5.10 Å². The molecule has 1 amide bonds. The number of carbonyl (C=O) groups excluding carboxylic acids is 1. The molecule has 0 aliphatic rings. The van der Waals surface area contributed by atoms with Gasteiger partial charge in [0.2, 0.25) is 0 Å². The van der Waals surface area contributed by atoms with Crippen LogP contribution in [-0.2, 0) is 11.3 Å². The zero-order valence-electron chi connectivity index (χ0n) is 11.5. The first-order chi connectivity index (χ1) is 9.74. The van der Waals surface area contributed by atoms with Crippen molar-refractivity contribution in [1.29, 1.82) is 0 Å². The second kappa shape index (κ2) is 6.67. The molecule has 0 aliphatic heterocycles. The van der Waals surface area contributed by atoms with Crippen LogP contribution in [0.3, 0.4) is 0 Å². The third-order valence-electron chi connectivity index (χ3n) is 2.75. The number of pyridine rings is 1. The highest BCUT2D eigenvalue weighted by Gasteiger charge is 2.11. The van der Waals surface area contributed by atoms with Crippen molar-refractivity contribution in [3.05, 3.63) is 36.4 Å². The van der Waals surface area contributed by atoms with Crippen LogP contribution in [0.2, 0.25) is 0 Å². The Hall–Kier alpha value is -2.41. The number of aromatic nitrogens is 3. The van der Waals surface area contributed by atoms with Crippen molar-refractivity contribution in [2.24, 2.45) is 0 Å². The van der Waals surface area contributed by atoms with E-state index in [-0.39, 0.29) is 5.91 Å². The highest BCUT2D eigenvalue weighted by Crippen LogP contribution is 2.15. The number of rotatable bonds is 6. The minimum atomic E-state index is -0.206. The number of hydrogen-bond donors (Lipinski definition) is 2. The summed E-state index contributed by atoms with van der Waals surface area (Å²) in [4.78, 5) is 16.1. The molecule has 7 heteroatoms. The molecule has 0 saturated heterocycles. The molecule has 0 aliphatic carbocycles. The van der Waals surface area contributed by atoms with Crippen LogP contribution in [0.15, 0.2) is 30.9 Å². The lowest BCUT2D eigenvalue weighted by atomic mass is 10.2. The van der Waals surface area contributed by atoms with Crippen molar-refractivity contribution < 1.29 is 9.53 Å². The number of anilines is 2. The van der Waals surface area contributed by atoms with Crippen molar-refractivity contribution in [2.45, 2.75) is 6.54 Å². The summed E-state index contributed by atoms with van der Waals surface area (Å²) in [5.74, 6) is -0.206. The maximum absolute atomic E-state index is 12.2. The first kappa shape index (κ1) is 14.0. The number of methoxy groups -OCH3 is 1. The Morgan fingerprint density at radius 2 is 2.30 bits per heavy atom. The lowest BCUT2D eigenvalue weighted by Crippen LogP contribution is -2.13. The van der Waals surface area contributed by atoms with E-state index >= 15 is 0 Å². The summed E-state index contributed by atoms with van der Waals surface area (Å²) in [7, 11) is 3.38. The summed E-state index contributed by atoms with van der Waals surface area (Å²) in [6.07, 6.45) is 6.56. The van der Waals surface area contributed by atoms with E-state index in [0.29, 0.717) is 30.1 Å². The van der Waals surface area contributed by atoms with E-state index in [1.165, 1.54) is 0 Å². The Kier molecular flexibility index (Phi) is 4.67. The van der Waals surface area contributed by atoms with Crippen molar-refractivity contribution >= 4 is 17.3 Å². The largest absolute Gasteiger partial charge is 0.386 e. The summed E-state index contributed by atoms with van der Waals surface area (Å²) >= 11 is 0. The lowest BCUT2D eigenvalue weighted by molar-refractivity contribution is 0.102. The van der Waals surface area contributed by atoms with Crippen LogP contribution in [-0.4, -0.2) is 41.4 Å². The molecule has 2 aromatic rings. The van der Waals surface area contributed by atoms with E-state index in [1.54, 1.807) is 49.7 Å². The number of ether oxygens (including phenoxy) is 1. The molecule has 7 nitrogen and oxygen atoms in total. The molecule has 0 atom stereocenters. The molecule has 0 fully saturated rings. The fraction of sp³-hybridized carbons (Fsp3) is 0.308. The van der Waals surface area contributed by atoms with E-state index in [9.17, 15) is 4.79 Å². The SMILES string of the molecule is CNc1cnccc1C(=O)Nc1cnn(CCOC)c1. The topological polar surface area (TPSA) is 81.1 Å². The Morgan fingerprint density at radius 1 is 1.45 bits per heavy atom. The first-order valence-corrected chi connectivity index (χ1v) is 6.19. The molecule has 0 aromatic carbocycles. The molecular formula is C13H17N5O2. The number of nitrogens with zero attached hydrogens (tertiary/aromatic N) is 3. The van der Waals surface area contributed by atoms with Crippen LogP contribution in [0.25, 0.3) is 0 Å². The van der Waals surface area contributed by atoms with Gasteiger partial charge < -0.3 is 15.4 Å². The van der Waals surface area contributed by atoms with Gasteiger partial charge in [0, 0.05) is 26.6 Å². The molecular weight excluding hydrogens is 258 g/mol. The van der Waals surface area contributed by atoms with E-state index in [4.69, 9.17) is 4.74 Å². The standard InChI is InChI=1S/C13H17N5O2/c1-14-12-8-15-4-3-11(12)13(19)17-10-7-16-18(9-10)5-6-20-2/h3-4,7-9,14H,5-6H2,1-2H3,(H,17,19). The van der Waals surface area contributed by atoms with Gasteiger partial charge in [0.15, 0.2) is 0 Å². The van der Waals surface area contributed by atoms with Crippen LogP contribution in [0.5, 0.6) is 0 Å². The number of amides is 1. The van der Waals surface area contributed by atoms with Crippen LogP contribution in [0, 0.1) is 0 Å². The van der Waals surface area contributed by atoms with Crippen LogP contribution < -0.4 is 10.6 Å². The third-order valence-corrected chi connectivity index (χ3v) is 2.75. The predicted octanol–water partition coefficient (Wildman–Crippen LogP) is 1.22. The second-order valence-electron chi connectivity index (χ2n) is 4.11. The molecule has 0 saturated carbocycles. The zero-order valence-corrected chi connectivity index (χ0v) is 11.5. The molecule has 0 unspecified atom stereocenters. The fourth-order valence-corrected chi connectivity index (χ4v) is 1.73. The Bertz CT molecular complexity index is 582. The number of carbonyl (C=O) groups is 1. The summed E-state index contributed by atoms with van der Waals surface area (Å²) < 4.78 is 6.69. The second-order valence-corrected chi connectivity index (χ2v) is 4.11. The minimum absolute atomic E-state index is 0.206. The normalized spacial score (nSPS) is 10.3. The monoisotopic (exact) mass is 275 g/mol. The van der Waals surface area contributed by atoms with Crippen molar-refractivity contribution in [2.75, 3.05) is 31.4 Å². The first-order valence-electron chi connectivity index (χ1n) is 6.19. The molecule has 2 N–H and O–H groups in total. The maximum atomic E-state index is 12.2. The minimum Gasteiger partial charge on any atom is -0.386 e. The highest BCUT2D eigenvalue weighted by molar-refractivity contribution is 6.07. The Labute approximate surface area is 117 Å². The van der Waals surface area contributed by atoms with Gasteiger partial charge >= 0.3 is 0 Å². The summed E-state index contributed by atoms with van der Waals surface area (Å²) in [5.41, 5.74) is 1.86. The quantitative estimate of drug-likeness (QED) is 0.828. The molecule has 20 heavy (non-hydrogen) atoms. The van der Waals surface area contributed by atoms with Crippen LogP contribution in [0.1, 0.15) is 10.4 Å². The molecule has 0 bridgehead atoms. The average Bonchev–Trinajstić information content (AvgIpc) is 2.92. The molecule has 106 valence electrons. The van der Waals surface area contributed by atoms with Gasteiger partial charge in [-0.05, 0) is 6.07 Å². The number of hydrogen-bond acceptors (Lipinski definition) is 5. The van der Waals surface area contributed by atoms with E-state index in [1.807, 2.05) is 0 Å². The summed E-state index contributed by atoms with van der Waals surface area (Å²) in [5, 5.41) is 9.87. The molecule has 0 radical (unpaired) electrons. The van der Waals surface area contributed by atoms with Gasteiger partial charge in [0.1, 0.15) is 0 Å². The van der Waals surface area contributed by atoms with Gasteiger partial charge in [0.25, 0.3) is 5.91 Å². The van der Waals surface area contributed by atoms with Gasteiger partial charge in [-0.1, -0.05) is 0 Å². The number of nitrogens with one attached hydrogen (secondary N) is 2. The van der Waals surface area contributed by atoms with Crippen molar-refractivity contribution in [1.82, 2.24) is 14.8 Å². The van der Waals surface area contributed by atoms with E-state index < -0.39 is 0 Å². The highest BCUT2D eigenvalue weighted by atomic mass is 16.5. The van der Waals surface area contributed by atoms with E-state index in [0.717, 1.165) is 0 Å². The molecule has 0 spiro atoms. The summed E-state index contributed by atoms with van der Waals surface area (Å²) in [6.45, 7) is 1.21. The predicted molar refractivity (Wildman–Crippen MR) is 75.8 cm³/mol.